The summed E-state index contributed by atoms with van der Waals surface area (Å²) in [5, 5.41) is 0. The summed E-state index contributed by atoms with van der Waals surface area (Å²) in [6.45, 7) is 0. The highest BCUT2D eigenvalue weighted by molar-refractivity contribution is 14.1. The van der Waals surface area contributed by atoms with Gasteiger partial charge in [0.25, 0.3) is 0 Å². The third-order valence-electron chi connectivity index (χ3n) is 1.73. The van der Waals surface area contributed by atoms with Gasteiger partial charge in [0, 0.05) is 12.3 Å². The third-order valence-corrected chi connectivity index (χ3v) is 2.47. The van der Waals surface area contributed by atoms with E-state index >= 15 is 0 Å². The molecule has 1 aromatic carbocycles. The molecule has 0 aliphatic carbocycles. The van der Waals surface area contributed by atoms with Crippen molar-refractivity contribution in [1.82, 2.24) is 9.97 Å². The van der Waals surface area contributed by atoms with Crippen LogP contribution in [-0.2, 0) is 0 Å². The Kier molecular flexibility index (Phi) is 3.28. The van der Waals surface area contributed by atoms with Crippen LogP contribution in [0.5, 0.6) is 11.6 Å². The van der Waals surface area contributed by atoms with Gasteiger partial charge in [-0.15, -0.1) is 0 Å². The van der Waals surface area contributed by atoms with E-state index in [-0.39, 0.29) is 11.6 Å². The second-order valence-electron chi connectivity index (χ2n) is 2.85. The number of hydrogen-bond donors (Lipinski definition) is 0. The minimum Gasteiger partial charge on any atom is -0.435 e. The maximum absolute atomic E-state index is 13.3. The molecule has 2 rings (SSSR count). The molecule has 0 saturated heterocycles. The molecule has 0 atom stereocenters. The summed E-state index contributed by atoms with van der Waals surface area (Å²) in [5.41, 5.74) is 0. The molecule has 3 nitrogen and oxygen atoms in total. The van der Waals surface area contributed by atoms with Crippen molar-refractivity contribution in [3.05, 3.63) is 45.9 Å². The first-order valence-electron chi connectivity index (χ1n) is 4.25. The molecule has 0 N–H and O–H groups in total. The molecule has 1 aromatic heterocycles. The molecule has 16 heavy (non-hydrogen) atoms. The minimum atomic E-state index is -0.769. The second-order valence-corrected chi connectivity index (χ2v) is 4.01. The Morgan fingerprint density at radius 3 is 2.75 bits per heavy atom. The second kappa shape index (κ2) is 4.69. The monoisotopic (exact) mass is 334 g/mol. The zero-order valence-electron chi connectivity index (χ0n) is 7.82. The lowest BCUT2D eigenvalue weighted by molar-refractivity contribution is 0.420. The van der Waals surface area contributed by atoms with Crippen LogP contribution in [0.25, 0.3) is 0 Å². The topological polar surface area (TPSA) is 35.0 Å². The van der Waals surface area contributed by atoms with Gasteiger partial charge in [0.15, 0.2) is 11.6 Å². The van der Waals surface area contributed by atoms with Crippen molar-refractivity contribution in [3.63, 3.8) is 0 Å². The number of nitrogens with zero attached hydrogens (tertiary/aromatic N) is 2. The van der Waals surface area contributed by atoms with Crippen LogP contribution in [0.2, 0.25) is 0 Å². The third kappa shape index (κ3) is 2.43. The fraction of sp³-hybridized carbons (Fsp3) is 0. The number of aromatic nitrogens is 2. The molecule has 0 fully saturated rings. The van der Waals surface area contributed by atoms with Crippen molar-refractivity contribution in [3.8, 4) is 11.6 Å². The summed E-state index contributed by atoms with van der Waals surface area (Å²) in [6, 6.07) is 3.08. The molecule has 0 aliphatic heterocycles. The lowest BCUT2D eigenvalue weighted by atomic mass is 10.3. The van der Waals surface area contributed by atoms with Crippen LogP contribution >= 0.6 is 22.6 Å². The summed E-state index contributed by atoms with van der Waals surface area (Å²) in [4.78, 5) is 7.61. The van der Waals surface area contributed by atoms with Crippen LogP contribution in [0.15, 0.2) is 30.7 Å². The molecule has 0 radical (unpaired) electrons. The van der Waals surface area contributed by atoms with E-state index in [4.69, 9.17) is 4.74 Å². The minimum absolute atomic E-state index is 0.0713. The Labute approximate surface area is 104 Å². The van der Waals surface area contributed by atoms with Crippen LogP contribution in [0.4, 0.5) is 8.78 Å². The lowest BCUT2D eigenvalue weighted by Gasteiger charge is -2.06. The van der Waals surface area contributed by atoms with Crippen LogP contribution < -0.4 is 4.74 Å². The van der Waals surface area contributed by atoms with E-state index in [0.29, 0.717) is 3.57 Å². The van der Waals surface area contributed by atoms with Crippen molar-refractivity contribution >= 4 is 22.6 Å². The molecular weight excluding hydrogens is 329 g/mol. The van der Waals surface area contributed by atoms with E-state index in [1.54, 1.807) is 0 Å². The first kappa shape index (κ1) is 11.2. The van der Waals surface area contributed by atoms with Gasteiger partial charge in [-0.1, -0.05) is 0 Å². The molecule has 0 amide bonds. The summed E-state index contributed by atoms with van der Waals surface area (Å²) in [5.74, 6) is -1.25. The number of rotatable bonds is 2. The summed E-state index contributed by atoms with van der Waals surface area (Å²) < 4.78 is 31.7. The largest absolute Gasteiger partial charge is 0.435 e. The smallest absolute Gasteiger partial charge is 0.235 e. The Hall–Kier alpha value is -1.31. The highest BCUT2D eigenvalue weighted by Gasteiger charge is 2.09. The Bertz CT molecular complexity index is 522. The van der Waals surface area contributed by atoms with Crippen LogP contribution in [0, 0.1) is 15.2 Å². The van der Waals surface area contributed by atoms with E-state index in [2.05, 4.69) is 9.97 Å². The highest BCUT2D eigenvalue weighted by atomic mass is 127. The molecule has 0 spiro atoms. The van der Waals surface area contributed by atoms with Gasteiger partial charge in [-0.3, -0.25) is 0 Å². The van der Waals surface area contributed by atoms with Gasteiger partial charge < -0.3 is 4.74 Å². The molecular formula is C10H5F2IN2O. The average molecular weight is 334 g/mol. The van der Waals surface area contributed by atoms with E-state index < -0.39 is 11.6 Å². The number of benzene rings is 1. The molecule has 0 bridgehead atoms. The molecule has 0 saturated carbocycles. The lowest BCUT2D eigenvalue weighted by Crippen LogP contribution is -1.94. The van der Waals surface area contributed by atoms with Gasteiger partial charge in [-0.25, -0.2) is 18.7 Å². The molecule has 82 valence electrons. The van der Waals surface area contributed by atoms with E-state index in [0.717, 1.165) is 12.1 Å². The highest BCUT2D eigenvalue weighted by Crippen LogP contribution is 2.26. The Balaban J connectivity index is 2.31. The van der Waals surface area contributed by atoms with E-state index in [9.17, 15) is 8.78 Å². The normalized spacial score (nSPS) is 10.2. The molecule has 6 heteroatoms. The fourth-order valence-corrected chi connectivity index (χ4v) is 1.45. The van der Waals surface area contributed by atoms with Gasteiger partial charge in [0.2, 0.25) is 5.88 Å². The Morgan fingerprint density at radius 1 is 1.25 bits per heavy atom. The van der Waals surface area contributed by atoms with Gasteiger partial charge in [-0.2, -0.15) is 0 Å². The van der Waals surface area contributed by atoms with Crippen molar-refractivity contribution in [2.45, 2.75) is 0 Å². The Morgan fingerprint density at radius 2 is 2.06 bits per heavy atom. The SMILES string of the molecule is Fc1ccc(Oc2ncncc2I)c(F)c1. The van der Waals surface area contributed by atoms with Gasteiger partial charge in [0.05, 0.1) is 3.57 Å². The van der Waals surface area contributed by atoms with Gasteiger partial charge >= 0.3 is 0 Å². The van der Waals surface area contributed by atoms with Crippen LogP contribution in [0.3, 0.4) is 0 Å². The number of hydrogen-bond acceptors (Lipinski definition) is 3. The van der Waals surface area contributed by atoms with Crippen molar-refractivity contribution in [2.24, 2.45) is 0 Å². The predicted octanol–water partition coefficient (Wildman–Crippen LogP) is 3.15. The maximum Gasteiger partial charge on any atom is 0.235 e. The standard InChI is InChI=1S/C10H5F2IN2O/c11-6-1-2-9(7(12)3-6)16-10-8(13)4-14-5-15-10/h1-5H. The zero-order valence-corrected chi connectivity index (χ0v) is 9.98. The van der Waals surface area contributed by atoms with Gasteiger partial charge in [-0.05, 0) is 34.7 Å². The van der Waals surface area contributed by atoms with E-state index in [1.165, 1.54) is 18.6 Å². The molecule has 2 aromatic rings. The van der Waals surface area contributed by atoms with Crippen LogP contribution in [0.1, 0.15) is 0 Å². The quantitative estimate of drug-likeness (QED) is 0.792. The number of halogens is 3. The maximum atomic E-state index is 13.3. The van der Waals surface area contributed by atoms with Crippen LogP contribution in [-0.4, -0.2) is 9.97 Å². The molecule has 0 unspecified atom stereocenters. The first-order valence-corrected chi connectivity index (χ1v) is 5.33. The summed E-state index contributed by atoms with van der Waals surface area (Å²) in [7, 11) is 0. The molecule has 0 aliphatic rings. The van der Waals surface area contributed by atoms with Crippen molar-refractivity contribution in [2.75, 3.05) is 0 Å². The summed E-state index contributed by atoms with van der Waals surface area (Å²) >= 11 is 1.96. The average Bonchev–Trinajstić information content (AvgIpc) is 2.25. The summed E-state index contributed by atoms with van der Waals surface area (Å²) in [6.07, 6.45) is 2.82. The number of ether oxygens (including phenoxy) is 1. The first-order chi connectivity index (χ1) is 7.66. The van der Waals surface area contributed by atoms with Crippen molar-refractivity contribution < 1.29 is 13.5 Å². The van der Waals surface area contributed by atoms with E-state index in [1.807, 2.05) is 22.6 Å². The predicted molar refractivity (Wildman–Crippen MR) is 61.2 cm³/mol. The fourth-order valence-electron chi connectivity index (χ4n) is 1.04. The van der Waals surface area contributed by atoms with Gasteiger partial charge in [0.1, 0.15) is 12.1 Å². The zero-order chi connectivity index (χ0) is 11.5. The molecule has 1 heterocycles. The van der Waals surface area contributed by atoms with Crippen molar-refractivity contribution in [1.29, 1.82) is 0 Å².